The van der Waals surface area contributed by atoms with Gasteiger partial charge in [-0.05, 0) is 44.9 Å². The molecule has 1 aromatic heterocycles. The number of allylic oxidation sites excluding steroid dienone is 2. The molecule has 0 aromatic carbocycles. The van der Waals surface area contributed by atoms with Crippen LogP contribution in [-0.2, 0) is 11.3 Å². The van der Waals surface area contributed by atoms with Crippen LogP contribution in [0.5, 0.6) is 0 Å². The molecule has 2 fully saturated rings. The summed E-state index contributed by atoms with van der Waals surface area (Å²) in [4.78, 5) is 15.0. The Kier molecular flexibility index (Phi) is 4.54. The molecule has 0 N–H and O–H groups in total. The van der Waals surface area contributed by atoms with Gasteiger partial charge in [-0.25, -0.2) is 0 Å². The van der Waals surface area contributed by atoms with Crippen molar-refractivity contribution in [1.82, 2.24) is 19.7 Å². The molecule has 0 bridgehead atoms. The quantitative estimate of drug-likeness (QED) is 0.796. The van der Waals surface area contributed by atoms with E-state index in [1.165, 1.54) is 5.57 Å². The number of amides is 1. The third-order valence-electron chi connectivity index (χ3n) is 5.85. The number of hydrogen-bond acceptors (Lipinski definition) is 3. The van der Waals surface area contributed by atoms with E-state index in [-0.39, 0.29) is 11.3 Å². The summed E-state index contributed by atoms with van der Waals surface area (Å²) in [6, 6.07) is 0. The molecule has 1 saturated heterocycles. The van der Waals surface area contributed by atoms with E-state index in [2.05, 4.69) is 60.4 Å². The first-order chi connectivity index (χ1) is 11.4. The minimum Gasteiger partial charge on any atom is -0.342 e. The molecule has 24 heavy (non-hydrogen) atoms. The second-order valence-electron chi connectivity index (χ2n) is 8.14. The van der Waals surface area contributed by atoms with E-state index in [4.69, 9.17) is 0 Å². The first kappa shape index (κ1) is 17.2. The number of carbonyl (C=O) groups is 1. The van der Waals surface area contributed by atoms with Crippen LogP contribution >= 0.6 is 0 Å². The fraction of sp³-hybridized carbons (Fsp3) is 0.737. The van der Waals surface area contributed by atoms with E-state index < -0.39 is 0 Å². The van der Waals surface area contributed by atoms with Crippen molar-refractivity contribution in [2.24, 2.45) is 17.3 Å². The van der Waals surface area contributed by atoms with Gasteiger partial charge in [-0.1, -0.05) is 25.5 Å². The molecule has 0 spiro atoms. The molecular weight excluding hydrogens is 300 g/mol. The van der Waals surface area contributed by atoms with Gasteiger partial charge in [0, 0.05) is 25.6 Å². The summed E-state index contributed by atoms with van der Waals surface area (Å²) >= 11 is 0. The summed E-state index contributed by atoms with van der Waals surface area (Å²) in [6.45, 7) is 13.4. The molecular formula is C19H30N4O. The number of rotatable bonds is 4. The average Bonchev–Trinajstić information content (AvgIpc) is 2.91. The van der Waals surface area contributed by atoms with Crippen LogP contribution in [0.1, 0.15) is 59.2 Å². The maximum atomic E-state index is 12.9. The number of nitrogens with zero attached hydrogens (tertiary/aromatic N) is 4. The van der Waals surface area contributed by atoms with Gasteiger partial charge >= 0.3 is 0 Å². The molecule has 2 aliphatic rings. The summed E-state index contributed by atoms with van der Waals surface area (Å²) in [5.41, 5.74) is 1.41. The normalized spacial score (nSPS) is 26.3. The third kappa shape index (κ3) is 3.01. The molecule has 0 radical (unpaired) electrons. The molecule has 1 saturated carbocycles. The zero-order valence-corrected chi connectivity index (χ0v) is 15.6. The molecule has 3 rings (SSSR count). The lowest BCUT2D eigenvalue weighted by Gasteiger charge is -2.32. The fourth-order valence-corrected chi connectivity index (χ4v) is 4.20. The number of piperidine rings is 1. The summed E-state index contributed by atoms with van der Waals surface area (Å²) in [7, 11) is 0. The van der Waals surface area contributed by atoms with Gasteiger partial charge in [-0.15, -0.1) is 10.2 Å². The van der Waals surface area contributed by atoms with Crippen LogP contribution < -0.4 is 0 Å². The van der Waals surface area contributed by atoms with E-state index in [9.17, 15) is 4.79 Å². The highest BCUT2D eigenvalue weighted by atomic mass is 16.2. The van der Waals surface area contributed by atoms with Crippen LogP contribution in [0.25, 0.3) is 0 Å². The zero-order chi connectivity index (χ0) is 17.5. The van der Waals surface area contributed by atoms with Crippen molar-refractivity contribution in [3.63, 3.8) is 0 Å². The molecule has 2 atom stereocenters. The van der Waals surface area contributed by atoms with E-state index in [0.29, 0.717) is 17.7 Å². The van der Waals surface area contributed by atoms with Gasteiger partial charge in [-0.3, -0.25) is 4.79 Å². The molecule has 1 aliphatic heterocycles. The van der Waals surface area contributed by atoms with Crippen LogP contribution in [0.15, 0.2) is 18.0 Å². The smallest absolute Gasteiger partial charge is 0.226 e. The molecule has 5 heteroatoms. The van der Waals surface area contributed by atoms with Crippen LogP contribution in [0.4, 0.5) is 0 Å². The van der Waals surface area contributed by atoms with E-state index >= 15 is 0 Å². The number of hydrogen-bond donors (Lipinski definition) is 0. The lowest BCUT2D eigenvalue weighted by molar-refractivity contribution is -0.134. The van der Waals surface area contributed by atoms with Crippen molar-refractivity contribution in [1.29, 1.82) is 0 Å². The highest BCUT2D eigenvalue weighted by molar-refractivity contribution is 5.84. The summed E-state index contributed by atoms with van der Waals surface area (Å²) < 4.78 is 2.12. The van der Waals surface area contributed by atoms with Crippen LogP contribution in [-0.4, -0.2) is 38.7 Å². The van der Waals surface area contributed by atoms with Crippen molar-refractivity contribution in [3.05, 3.63) is 23.8 Å². The highest BCUT2D eigenvalue weighted by Gasteiger charge is 2.61. The van der Waals surface area contributed by atoms with Crippen LogP contribution in [0, 0.1) is 17.3 Å². The number of likely N-dealkylation sites (tertiary alicyclic amines) is 1. The monoisotopic (exact) mass is 330 g/mol. The van der Waals surface area contributed by atoms with Gasteiger partial charge in [-0.2, -0.15) is 0 Å². The largest absolute Gasteiger partial charge is 0.342 e. The van der Waals surface area contributed by atoms with E-state index in [1.54, 1.807) is 0 Å². The minimum absolute atomic E-state index is 0.105. The third-order valence-corrected chi connectivity index (χ3v) is 5.85. The predicted molar refractivity (Wildman–Crippen MR) is 94.4 cm³/mol. The predicted octanol–water partition coefficient (Wildman–Crippen LogP) is 3.24. The molecule has 132 valence electrons. The second-order valence-corrected chi connectivity index (χ2v) is 8.14. The van der Waals surface area contributed by atoms with Gasteiger partial charge in [0.2, 0.25) is 5.91 Å². The topological polar surface area (TPSA) is 51.0 Å². The molecule has 1 aromatic rings. The Hall–Kier alpha value is -1.65. The molecule has 1 aliphatic carbocycles. The molecule has 5 nitrogen and oxygen atoms in total. The fourth-order valence-electron chi connectivity index (χ4n) is 4.20. The van der Waals surface area contributed by atoms with Gasteiger partial charge in [0.05, 0.1) is 5.92 Å². The van der Waals surface area contributed by atoms with Crippen LogP contribution in [0.3, 0.4) is 0 Å². The average molecular weight is 330 g/mol. The number of aryl methyl sites for hydroxylation is 1. The lowest BCUT2D eigenvalue weighted by Crippen LogP contribution is -2.40. The standard InChI is InChI=1S/C19H30N4O/c1-6-22-12-20-21-17(22)14-7-9-23(10-8-14)18(24)16-15(11-13(2)3)19(16,4)5/h11-12,14-16H,6-10H2,1-5H3/t15-,16-/m1/s1. The minimum atomic E-state index is 0.105. The van der Waals surface area contributed by atoms with E-state index in [1.807, 2.05) is 6.33 Å². The first-order valence-electron chi connectivity index (χ1n) is 9.17. The van der Waals surface area contributed by atoms with Gasteiger partial charge in [0.15, 0.2) is 0 Å². The lowest BCUT2D eigenvalue weighted by atomic mass is 9.95. The summed E-state index contributed by atoms with van der Waals surface area (Å²) in [5, 5.41) is 8.34. The van der Waals surface area contributed by atoms with Crippen molar-refractivity contribution < 1.29 is 4.79 Å². The zero-order valence-electron chi connectivity index (χ0n) is 15.6. The Bertz CT molecular complexity index is 634. The van der Waals surface area contributed by atoms with Crippen molar-refractivity contribution >= 4 is 5.91 Å². The Morgan fingerprint density at radius 1 is 1.33 bits per heavy atom. The Morgan fingerprint density at radius 2 is 2.00 bits per heavy atom. The maximum Gasteiger partial charge on any atom is 0.226 e. The van der Waals surface area contributed by atoms with Gasteiger partial charge in [0.1, 0.15) is 12.2 Å². The van der Waals surface area contributed by atoms with Crippen molar-refractivity contribution in [2.45, 2.75) is 59.9 Å². The summed E-state index contributed by atoms with van der Waals surface area (Å²) in [5.74, 6) is 2.41. The maximum absolute atomic E-state index is 12.9. The number of aromatic nitrogens is 3. The first-order valence-corrected chi connectivity index (χ1v) is 9.17. The Balaban J connectivity index is 1.61. The van der Waals surface area contributed by atoms with Crippen molar-refractivity contribution in [2.75, 3.05) is 13.1 Å². The van der Waals surface area contributed by atoms with Gasteiger partial charge in [0.25, 0.3) is 0 Å². The summed E-state index contributed by atoms with van der Waals surface area (Å²) in [6.07, 6.45) is 6.07. The second kappa shape index (κ2) is 6.34. The molecule has 0 unspecified atom stereocenters. The van der Waals surface area contributed by atoms with Crippen LogP contribution in [0.2, 0.25) is 0 Å². The molecule has 2 heterocycles. The van der Waals surface area contributed by atoms with Crippen molar-refractivity contribution in [3.8, 4) is 0 Å². The van der Waals surface area contributed by atoms with Gasteiger partial charge < -0.3 is 9.47 Å². The molecule has 1 amide bonds. The van der Waals surface area contributed by atoms with E-state index in [0.717, 1.165) is 38.3 Å². The highest BCUT2D eigenvalue weighted by Crippen LogP contribution is 2.60. The SMILES string of the molecule is CCn1cnnc1C1CCN(C(=O)[C@H]2[C@@H](C=C(C)C)C2(C)C)CC1. The number of carbonyl (C=O) groups excluding carboxylic acids is 1. The Morgan fingerprint density at radius 3 is 2.58 bits per heavy atom. The Labute approximate surface area is 145 Å².